The number of phenolic OH excluding ortho intramolecular Hbond substituents is 1. The Morgan fingerprint density at radius 2 is 2.08 bits per heavy atom. The third-order valence-electron chi connectivity index (χ3n) is 5.94. The van der Waals surface area contributed by atoms with E-state index in [-0.39, 0.29) is 20.3 Å². The van der Waals surface area contributed by atoms with E-state index in [1.807, 2.05) is 6.92 Å². The topological polar surface area (TPSA) is 133 Å². The number of allylic oxidation sites excluding steroid dienone is 1. The van der Waals surface area contributed by atoms with E-state index in [1.54, 1.807) is 53.8 Å². The molecule has 1 N–H and O–H groups in total. The Kier molecular flexibility index (Phi) is 8.91. The summed E-state index contributed by atoms with van der Waals surface area (Å²) in [7, 11) is 1.51. The highest BCUT2D eigenvalue weighted by molar-refractivity contribution is 14.1. The van der Waals surface area contributed by atoms with Gasteiger partial charge in [-0.05, 0) is 71.8 Å². The van der Waals surface area contributed by atoms with Crippen LogP contribution in [0.2, 0.25) is 0 Å². The zero-order valence-corrected chi connectivity index (χ0v) is 25.6. The molecule has 2 heterocycles. The fourth-order valence-corrected chi connectivity index (χ4v) is 6.35. The van der Waals surface area contributed by atoms with Crippen LogP contribution in [0.25, 0.3) is 6.08 Å². The summed E-state index contributed by atoms with van der Waals surface area (Å²) in [5, 5.41) is 21.5. The summed E-state index contributed by atoms with van der Waals surface area (Å²) in [6.45, 7) is 3.82. The molecule has 0 spiro atoms. The van der Waals surface area contributed by atoms with Crippen LogP contribution in [0.15, 0.2) is 55.9 Å². The summed E-state index contributed by atoms with van der Waals surface area (Å²) >= 11 is 6.39. The van der Waals surface area contributed by atoms with E-state index in [4.69, 9.17) is 14.5 Å². The molecular formula is C26H23BrIN3O7S. The van der Waals surface area contributed by atoms with Crippen molar-refractivity contribution in [3.8, 4) is 11.5 Å². The van der Waals surface area contributed by atoms with Gasteiger partial charge >= 0.3 is 11.7 Å². The second-order valence-electron chi connectivity index (χ2n) is 8.43. The van der Waals surface area contributed by atoms with E-state index in [2.05, 4.69) is 15.9 Å². The number of fused-ring (bicyclic) bond motifs is 1. The standard InChI is InChI=1S/C26H23BrIN3O7S/c1-4-6-17-21(25(34)38-5-2)22(15-12-14(27)7-8-19(15)37-3)30-24(33)20(39-26(30)29-17)11-13-9-16(28)23(32)18(10-13)31(35)36/h7-12,22,32H,4-6H2,1-3H3/b20-11+/t22-/m0/s1. The fourth-order valence-electron chi connectivity index (χ4n) is 4.31. The number of esters is 1. The Morgan fingerprint density at radius 3 is 2.72 bits per heavy atom. The van der Waals surface area contributed by atoms with Gasteiger partial charge in [-0.1, -0.05) is 40.6 Å². The van der Waals surface area contributed by atoms with Crippen LogP contribution >= 0.6 is 49.9 Å². The first kappa shape index (κ1) is 29.0. The van der Waals surface area contributed by atoms with Gasteiger partial charge in [0.2, 0.25) is 5.75 Å². The number of hydrogen-bond donors (Lipinski definition) is 1. The average molecular weight is 728 g/mol. The summed E-state index contributed by atoms with van der Waals surface area (Å²) < 4.78 is 13.7. The monoisotopic (exact) mass is 727 g/mol. The summed E-state index contributed by atoms with van der Waals surface area (Å²) in [6, 6.07) is 7.20. The van der Waals surface area contributed by atoms with Crippen molar-refractivity contribution in [3.05, 3.63) is 90.6 Å². The quantitative estimate of drug-likeness (QED) is 0.156. The van der Waals surface area contributed by atoms with Crippen LogP contribution in [0.5, 0.6) is 11.5 Å². The zero-order valence-electron chi connectivity index (χ0n) is 21.1. The van der Waals surface area contributed by atoms with Gasteiger partial charge < -0.3 is 14.6 Å². The van der Waals surface area contributed by atoms with E-state index in [9.17, 15) is 24.8 Å². The molecule has 4 rings (SSSR count). The number of ether oxygens (including phenoxy) is 2. The zero-order chi connectivity index (χ0) is 28.4. The molecule has 0 saturated heterocycles. The van der Waals surface area contributed by atoms with E-state index in [1.165, 1.54) is 23.8 Å². The van der Waals surface area contributed by atoms with Gasteiger partial charge in [-0.2, -0.15) is 0 Å². The van der Waals surface area contributed by atoms with Crippen molar-refractivity contribution >= 4 is 67.6 Å². The number of nitro groups is 1. The smallest absolute Gasteiger partial charge is 0.338 e. The van der Waals surface area contributed by atoms with Gasteiger partial charge in [-0.15, -0.1) is 0 Å². The van der Waals surface area contributed by atoms with Gasteiger partial charge in [0.25, 0.3) is 5.56 Å². The number of aromatic nitrogens is 1. The molecule has 0 unspecified atom stereocenters. The molecule has 0 amide bonds. The average Bonchev–Trinajstić information content (AvgIpc) is 3.19. The number of phenols is 1. The third kappa shape index (κ3) is 5.65. The Morgan fingerprint density at radius 1 is 1.33 bits per heavy atom. The van der Waals surface area contributed by atoms with Crippen LogP contribution in [-0.4, -0.2) is 34.3 Å². The molecule has 0 saturated carbocycles. The highest BCUT2D eigenvalue weighted by Gasteiger charge is 2.36. The number of nitrogens with zero attached hydrogens (tertiary/aromatic N) is 3. The van der Waals surface area contributed by atoms with Crippen LogP contribution in [0.1, 0.15) is 43.9 Å². The maximum Gasteiger partial charge on any atom is 0.338 e. The molecule has 3 aromatic rings. The molecule has 204 valence electrons. The molecule has 10 nitrogen and oxygen atoms in total. The van der Waals surface area contributed by atoms with Crippen molar-refractivity contribution in [2.45, 2.75) is 32.7 Å². The number of halogens is 2. The highest BCUT2D eigenvalue weighted by atomic mass is 127. The molecule has 1 aliphatic heterocycles. The number of nitro benzene ring substituents is 1. The molecule has 0 fully saturated rings. The van der Waals surface area contributed by atoms with Gasteiger partial charge in [-0.25, -0.2) is 9.79 Å². The van der Waals surface area contributed by atoms with E-state index in [0.29, 0.717) is 40.2 Å². The molecule has 13 heteroatoms. The first-order valence-electron chi connectivity index (χ1n) is 11.8. The second-order valence-corrected chi connectivity index (χ2v) is 11.5. The van der Waals surface area contributed by atoms with Crippen LogP contribution in [0.4, 0.5) is 5.69 Å². The predicted octanol–water partition coefficient (Wildman–Crippen LogP) is 4.57. The highest BCUT2D eigenvalue weighted by Crippen LogP contribution is 2.38. The Hall–Kier alpha value is -3.04. The molecule has 39 heavy (non-hydrogen) atoms. The Bertz CT molecular complexity index is 1700. The van der Waals surface area contributed by atoms with Crippen molar-refractivity contribution in [2.24, 2.45) is 4.99 Å². The number of carbonyl (C=O) groups excluding carboxylic acids is 1. The number of methoxy groups -OCH3 is 1. The van der Waals surface area contributed by atoms with E-state index < -0.39 is 33.9 Å². The number of benzene rings is 2. The summed E-state index contributed by atoms with van der Waals surface area (Å²) in [6.07, 6.45) is 2.70. The van der Waals surface area contributed by atoms with E-state index >= 15 is 0 Å². The molecule has 0 aliphatic carbocycles. The minimum atomic E-state index is -0.884. The molecular weight excluding hydrogens is 705 g/mol. The van der Waals surface area contributed by atoms with Crippen LogP contribution in [-0.2, 0) is 9.53 Å². The second kappa shape index (κ2) is 12.0. The van der Waals surface area contributed by atoms with Gasteiger partial charge in [-0.3, -0.25) is 19.5 Å². The lowest BCUT2D eigenvalue weighted by Gasteiger charge is -2.27. The van der Waals surface area contributed by atoms with Gasteiger partial charge in [0.1, 0.15) is 11.8 Å². The number of thiazole rings is 1. The predicted molar refractivity (Wildman–Crippen MR) is 158 cm³/mol. The van der Waals surface area contributed by atoms with Crippen molar-refractivity contribution in [1.29, 1.82) is 0 Å². The molecule has 2 aromatic carbocycles. The Labute approximate surface area is 248 Å². The number of rotatable bonds is 8. The Balaban J connectivity index is 2.06. The molecule has 0 bridgehead atoms. The maximum absolute atomic E-state index is 13.9. The minimum Gasteiger partial charge on any atom is -0.501 e. The summed E-state index contributed by atoms with van der Waals surface area (Å²) in [5.74, 6) is -0.542. The fraction of sp³-hybridized carbons (Fsp3) is 0.269. The minimum absolute atomic E-state index is 0.146. The number of hydrogen-bond acceptors (Lipinski definition) is 9. The first-order valence-corrected chi connectivity index (χ1v) is 14.5. The largest absolute Gasteiger partial charge is 0.501 e. The van der Waals surface area contributed by atoms with Gasteiger partial charge in [0.15, 0.2) is 4.80 Å². The van der Waals surface area contributed by atoms with E-state index in [0.717, 1.165) is 15.8 Å². The molecule has 1 aromatic heterocycles. The number of carbonyl (C=O) groups is 1. The molecule has 1 atom stereocenters. The molecule has 1 aliphatic rings. The molecule has 0 radical (unpaired) electrons. The third-order valence-corrected chi connectivity index (χ3v) is 8.24. The lowest BCUT2D eigenvalue weighted by atomic mass is 9.93. The lowest BCUT2D eigenvalue weighted by Crippen LogP contribution is -2.40. The normalized spacial score (nSPS) is 15.1. The summed E-state index contributed by atoms with van der Waals surface area (Å²) in [5.41, 5.74) is 0.806. The van der Waals surface area contributed by atoms with Gasteiger partial charge in [0.05, 0.1) is 38.0 Å². The lowest BCUT2D eigenvalue weighted by molar-refractivity contribution is -0.386. The summed E-state index contributed by atoms with van der Waals surface area (Å²) in [4.78, 5) is 43.1. The van der Waals surface area contributed by atoms with Crippen molar-refractivity contribution < 1.29 is 24.3 Å². The SMILES string of the molecule is CCCC1=C(C(=O)OCC)[C@H](c2cc(Br)ccc2OC)n2c(s/c(=C/c3cc(I)c(O)c([N+](=O)[O-])c3)c2=O)=N1. The first-order chi connectivity index (χ1) is 18.6. The van der Waals surface area contributed by atoms with Gasteiger partial charge in [0, 0.05) is 16.1 Å². The van der Waals surface area contributed by atoms with Crippen molar-refractivity contribution in [2.75, 3.05) is 13.7 Å². The van der Waals surface area contributed by atoms with Crippen molar-refractivity contribution in [3.63, 3.8) is 0 Å². The van der Waals surface area contributed by atoms with Crippen LogP contribution in [0, 0.1) is 13.7 Å². The number of aromatic hydroxyl groups is 1. The van der Waals surface area contributed by atoms with Crippen LogP contribution in [0.3, 0.4) is 0 Å². The van der Waals surface area contributed by atoms with Crippen molar-refractivity contribution in [1.82, 2.24) is 4.57 Å². The maximum atomic E-state index is 13.9. The van der Waals surface area contributed by atoms with Crippen LogP contribution < -0.4 is 19.6 Å².